The van der Waals surface area contributed by atoms with E-state index in [-0.39, 0.29) is 0 Å². The molecule has 1 aliphatic rings. The van der Waals surface area contributed by atoms with Gasteiger partial charge in [0.1, 0.15) is 0 Å². The van der Waals surface area contributed by atoms with Crippen molar-refractivity contribution in [3.63, 3.8) is 0 Å². The van der Waals surface area contributed by atoms with E-state index >= 15 is 0 Å². The molecule has 0 aromatic carbocycles. The van der Waals surface area contributed by atoms with Crippen LogP contribution in [0, 0.1) is 5.92 Å². The van der Waals surface area contributed by atoms with Gasteiger partial charge in [-0.05, 0) is 38.1 Å². The van der Waals surface area contributed by atoms with Crippen LogP contribution in [0.25, 0.3) is 0 Å². The minimum Gasteiger partial charge on any atom is -0.385 e. The molecule has 2 heteroatoms. The van der Waals surface area contributed by atoms with Crippen LogP contribution in [0.3, 0.4) is 0 Å². The van der Waals surface area contributed by atoms with Crippen LogP contribution >= 0.6 is 0 Å². The van der Waals surface area contributed by atoms with Gasteiger partial charge in [-0.3, -0.25) is 0 Å². The molecule has 2 nitrogen and oxygen atoms in total. The van der Waals surface area contributed by atoms with Crippen molar-refractivity contribution in [1.29, 1.82) is 0 Å². The molecule has 1 unspecified atom stereocenters. The summed E-state index contributed by atoms with van der Waals surface area (Å²) in [7, 11) is 1.78. The number of hydrogen-bond donors (Lipinski definition) is 1. The second-order valence-corrected chi connectivity index (χ2v) is 3.64. The smallest absolute Gasteiger partial charge is 0.0462 e. The molecule has 12 heavy (non-hydrogen) atoms. The Hall–Kier alpha value is -0.0800. The van der Waals surface area contributed by atoms with E-state index in [0.29, 0.717) is 0 Å². The molecule has 0 aliphatic heterocycles. The normalized spacial score (nSPS) is 19.5. The summed E-state index contributed by atoms with van der Waals surface area (Å²) in [6.45, 7) is 4.20. The molecule has 0 amide bonds. The Labute approximate surface area is 75.7 Å². The van der Waals surface area contributed by atoms with Crippen molar-refractivity contribution in [3.05, 3.63) is 0 Å². The maximum Gasteiger partial charge on any atom is 0.0462 e. The first-order chi connectivity index (χ1) is 5.88. The fourth-order valence-corrected chi connectivity index (χ4v) is 1.71. The van der Waals surface area contributed by atoms with Gasteiger partial charge in [0.2, 0.25) is 0 Å². The van der Waals surface area contributed by atoms with E-state index in [9.17, 15) is 0 Å². The largest absolute Gasteiger partial charge is 0.385 e. The summed E-state index contributed by atoms with van der Waals surface area (Å²) >= 11 is 0. The van der Waals surface area contributed by atoms with Crippen molar-refractivity contribution in [1.82, 2.24) is 5.32 Å². The average molecular weight is 171 g/mol. The lowest BCUT2D eigenvalue weighted by molar-refractivity contribution is 0.187. The van der Waals surface area contributed by atoms with Gasteiger partial charge < -0.3 is 10.1 Å². The van der Waals surface area contributed by atoms with Gasteiger partial charge in [-0.25, -0.2) is 0 Å². The zero-order valence-corrected chi connectivity index (χ0v) is 8.31. The van der Waals surface area contributed by atoms with Crippen LogP contribution in [-0.4, -0.2) is 26.3 Å². The molecule has 0 aromatic heterocycles. The van der Waals surface area contributed by atoms with Gasteiger partial charge >= 0.3 is 0 Å². The summed E-state index contributed by atoms with van der Waals surface area (Å²) in [5.41, 5.74) is 0. The third-order valence-electron chi connectivity index (χ3n) is 2.52. The van der Waals surface area contributed by atoms with Crippen molar-refractivity contribution >= 4 is 0 Å². The Morgan fingerprint density at radius 2 is 2.25 bits per heavy atom. The van der Waals surface area contributed by atoms with E-state index in [2.05, 4.69) is 12.2 Å². The molecule has 0 saturated heterocycles. The predicted octanol–water partition coefficient (Wildman–Crippen LogP) is 1.80. The van der Waals surface area contributed by atoms with E-state index in [1.807, 2.05) is 0 Å². The fraction of sp³-hybridized carbons (Fsp3) is 1.00. The molecule has 0 bridgehead atoms. The molecule has 0 aromatic rings. The molecule has 1 saturated carbocycles. The van der Waals surface area contributed by atoms with Gasteiger partial charge in [-0.2, -0.15) is 0 Å². The summed E-state index contributed by atoms with van der Waals surface area (Å²) in [5, 5.41) is 3.55. The molecule has 1 aliphatic carbocycles. The van der Waals surface area contributed by atoms with Crippen LogP contribution in [0.5, 0.6) is 0 Å². The highest BCUT2D eigenvalue weighted by molar-refractivity contribution is 4.85. The van der Waals surface area contributed by atoms with Crippen molar-refractivity contribution in [3.8, 4) is 0 Å². The van der Waals surface area contributed by atoms with Crippen LogP contribution in [0.2, 0.25) is 0 Å². The van der Waals surface area contributed by atoms with Crippen LogP contribution in [-0.2, 0) is 4.74 Å². The number of ether oxygens (including phenoxy) is 1. The molecule has 1 rings (SSSR count). The van der Waals surface area contributed by atoms with Gasteiger partial charge in [0.25, 0.3) is 0 Å². The summed E-state index contributed by atoms with van der Waals surface area (Å²) in [4.78, 5) is 0. The summed E-state index contributed by atoms with van der Waals surface area (Å²) in [6, 6.07) is 0.769. The second-order valence-electron chi connectivity index (χ2n) is 3.64. The van der Waals surface area contributed by atoms with E-state index in [1.54, 1.807) is 7.11 Å². The third-order valence-corrected chi connectivity index (χ3v) is 2.52. The lowest BCUT2D eigenvalue weighted by Crippen LogP contribution is -2.31. The molecular weight excluding hydrogens is 150 g/mol. The minimum absolute atomic E-state index is 0.769. The summed E-state index contributed by atoms with van der Waals surface area (Å²) < 4.78 is 5.04. The van der Waals surface area contributed by atoms with Crippen molar-refractivity contribution in [2.45, 2.75) is 38.6 Å². The first kappa shape index (κ1) is 10.0. The standard InChI is InChI=1S/C10H21NO/c1-3-11-10(9-6-7-9)5-4-8-12-2/h9-11H,3-8H2,1-2H3. The topological polar surface area (TPSA) is 21.3 Å². The minimum atomic E-state index is 0.769. The summed E-state index contributed by atoms with van der Waals surface area (Å²) in [5.74, 6) is 0.974. The molecule has 1 fully saturated rings. The van der Waals surface area contributed by atoms with Gasteiger partial charge in [0.05, 0.1) is 0 Å². The number of nitrogens with one attached hydrogen (secondary N) is 1. The zero-order valence-electron chi connectivity index (χ0n) is 8.31. The first-order valence-electron chi connectivity index (χ1n) is 5.10. The molecule has 1 atom stereocenters. The van der Waals surface area contributed by atoms with Crippen molar-refractivity contribution in [2.24, 2.45) is 5.92 Å². The SMILES string of the molecule is CCNC(CCCOC)C1CC1. The van der Waals surface area contributed by atoms with Crippen molar-refractivity contribution < 1.29 is 4.74 Å². The Bertz CT molecular complexity index is 112. The Morgan fingerprint density at radius 3 is 2.75 bits per heavy atom. The number of hydrogen-bond acceptors (Lipinski definition) is 2. The third kappa shape index (κ3) is 3.55. The summed E-state index contributed by atoms with van der Waals surface area (Å²) in [6.07, 6.45) is 5.35. The highest BCUT2D eigenvalue weighted by atomic mass is 16.5. The zero-order chi connectivity index (χ0) is 8.81. The quantitative estimate of drug-likeness (QED) is 0.590. The van der Waals surface area contributed by atoms with E-state index in [4.69, 9.17) is 4.74 Å². The monoisotopic (exact) mass is 171 g/mol. The Kier molecular flexibility index (Phi) is 4.62. The molecule has 0 heterocycles. The van der Waals surface area contributed by atoms with Crippen molar-refractivity contribution in [2.75, 3.05) is 20.3 Å². The molecule has 0 spiro atoms. The molecule has 1 N–H and O–H groups in total. The second kappa shape index (κ2) is 5.55. The fourth-order valence-electron chi connectivity index (χ4n) is 1.71. The van der Waals surface area contributed by atoms with E-state index < -0.39 is 0 Å². The van der Waals surface area contributed by atoms with Gasteiger partial charge in [0.15, 0.2) is 0 Å². The van der Waals surface area contributed by atoms with Crippen LogP contribution in [0.1, 0.15) is 32.6 Å². The highest BCUT2D eigenvalue weighted by Gasteiger charge is 2.29. The van der Waals surface area contributed by atoms with Gasteiger partial charge in [-0.1, -0.05) is 6.92 Å². The van der Waals surface area contributed by atoms with Crippen LogP contribution in [0.15, 0.2) is 0 Å². The predicted molar refractivity (Wildman–Crippen MR) is 51.3 cm³/mol. The van der Waals surface area contributed by atoms with Gasteiger partial charge in [-0.15, -0.1) is 0 Å². The van der Waals surface area contributed by atoms with Gasteiger partial charge in [0, 0.05) is 19.8 Å². The van der Waals surface area contributed by atoms with Crippen LogP contribution < -0.4 is 5.32 Å². The number of methoxy groups -OCH3 is 1. The molecule has 0 radical (unpaired) electrons. The van der Waals surface area contributed by atoms with Crippen LogP contribution in [0.4, 0.5) is 0 Å². The first-order valence-corrected chi connectivity index (χ1v) is 5.10. The maximum atomic E-state index is 5.04. The lowest BCUT2D eigenvalue weighted by Gasteiger charge is -2.16. The number of rotatable bonds is 7. The molecule has 72 valence electrons. The Morgan fingerprint density at radius 1 is 1.50 bits per heavy atom. The van der Waals surface area contributed by atoms with E-state index in [1.165, 1.54) is 25.7 Å². The maximum absolute atomic E-state index is 5.04. The molecular formula is C10H21NO. The average Bonchev–Trinajstić information content (AvgIpc) is 2.86. The highest BCUT2D eigenvalue weighted by Crippen LogP contribution is 2.34. The van der Waals surface area contributed by atoms with E-state index in [0.717, 1.165) is 25.1 Å². The Balaban J connectivity index is 2.05. The lowest BCUT2D eigenvalue weighted by atomic mass is 10.1.